The fraction of sp³-hybridized carbons (Fsp3) is 0.286. The van der Waals surface area contributed by atoms with Gasteiger partial charge < -0.3 is 14.6 Å². The normalized spacial score (nSPS) is 11.2. The zero-order valence-electron chi connectivity index (χ0n) is 11.6. The van der Waals surface area contributed by atoms with Crippen molar-refractivity contribution in [2.75, 3.05) is 20.7 Å². The van der Waals surface area contributed by atoms with Crippen molar-refractivity contribution < 1.29 is 9.53 Å². The minimum atomic E-state index is -0.439. The quantitative estimate of drug-likeness (QED) is 0.535. The second-order valence-electron chi connectivity index (χ2n) is 4.44. The molecule has 1 aromatic heterocycles. The number of hydrogen-bond acceptors (Lipinski definition) is 3. The molecule has 2 aromatic rings. The summed E-state index contributed by atoms with van der Waals surface area (Å²) in [6.45, 7) is 2.06. The topological polar surface area (TPSA) is 57.7 Å². The summed E-state index contributed by atoms with van der Waals surface area (Å²) >= 11 is 6.21. The predicted octanol–water partition coefficient (Wildman–Crippen LogP) is 3.22. The van der Waals surface area contributed by atoms with Gasteiger partial charge in [-0.25, -0.2) is 9.79 Å². The maximum atomic E-state index is 12.0. The average molecular weight is 294 g/mol. The zero-order chi connectivity index (χ0) is 14.7. The Balaban J connectivity index is 2.64. The van der Waals surface area contributed by atoms with Gasteiger partial charge in [0.15, 0.2) is 5.69 Å². The van der Waals surface area contributed by atoms with Crippen LogP contribution in [0.15, 0.2) is 23.2 Å². The number of rotatable bonds is 4. The lowest BCUT2D eigenvalue weighted by molar-refractivity contribution is 0.0521. The highest BCUT2D eigenvalue weighted by molar-refractivity contribution is 6.37. The van der Waals surface area contributed by atoms with E-state index >= 15 is 0 Å². The molecule has 106 valence electrons. The Hall–Kier alpha value is -2.01. The molecule has 0 amide bonds. The van der Waals surface area contributed by atoms with E-state index in [0.29, 0.717) is 23.0 Å². The van der Waals surface area contributed by atoms with Gasteiger partial charge in [-0.05, 0) is 19.1 Å². The van der Waals surface area contributed by atoms with Crippen molar-refractivity contribution in [3.8, 4) is 0 Å². The summed E-state index contributed by atoms with van der Waals surface area (Å²) in [5.41, 5.74) is 1.57. The lowest BCUT2D eigenvalue weighted by Crippen LogP contribution is -2.08. The number of hydrogen-bond donors (Lipinski definition) is 1. The van der Waals surface area contributed by atoms with Crippen molar-refractivity contribution >= 4 is 40.5 Å². The van der Waals surface area contributed by atoms with Gasteiger partial charge in [-0.1, -0.05) is 17.7 Å². The van der Waals surface area contributed by atoms with Crippen LogP contribution in [0, 0.1) is 0 Å². The molecule has 0 unspecified atom stereocenters. The molecule has 1 aromatic carbocycles. The second kappa shape index (κ2) is 5.96. The number of aromatic nitrogens is 1. The molecule has 1 heterocycles. The molecule has 2 rings (SSSR count). The molecule has 0 aliphatic heterocycles. The third-order valence-electron chi connectivity index (χ3n) is 2.64. The van der Waals surface area contributed by atoms with Crippen molar-refractivity contribution in [3.63, 3.8) is 0 Å². The molecule has 20 heavy (non-hydrogen) atoms. The first-order chi connectivity index (χ1) is 9.54. The summed E-state index contributed by atoms with van der Waals surface area (Å²) < 4.78 is 5.04. The maximum Gasteiger partial charge on any atom is 0.357 e. The minimum absolute atomic E-state index is 0.304. The van der Waals surface area contributed by atoms with E-state index in [0.717, 1.165) is 10.9 Å². The Morgan fingerprint density at radius 2 is 2.25 bits per heavy atom. The first-order valence-electron chi connectivity index (χ1n) is 6.22. The molecule has 0 atom stereocenters. The number of H-pyrrole nitrogens is 1. The second-order valence-corrected chi connectivity index (χ2v) is 4.85. The first-order valence-corrected chi connectivity index (χ1v) is 6.60. The predicted molar refractivity (Wildman–Crippen MR) is 81.1 cm³/mol. The Morgan fingerprint density at radius 1 is 1.50 bits per heavy atom. The van der Waals surface area contributed by atoms with Crippen LogP contribution in [-0.2, 0) is 4.74 Å². The first kappa shape index (κ1) is 14.4. The van der Waals surface area contributed by atoms with Gasteiger partial charge in [0.1, 0.15) is 5.69 Å². The van der Waals surface area contributed by atoms with Crippen molar-refractivity contribution in [2.45, 2.75) is 6.92 Å². The lowest BCUT2D eigenvalue weighted by Gasteiger charge is -2.04. The van der Waals surface area contributed by atoms with Crippen LogP contribution in [0.1, 0.15) is 17.4 Å². The van der Waals surface area contributed by atoms with Crippen LogP contribution in [0.4, 0.5) is 5.69 Å². The van der Waals surface area contributed by atoms with Gasteiger partial charge in [0, 0.05) is 25.0 Å². The fourth-order valence-electron chi connectivity index (χ4n) is 1.84. The Bertz CT molecular complexity index is 662. The maximum absolute atomic E-state index is 12.0. The molecule has 0 saturated carbocycles. The Labute approximate surface area is 122 Å². The van der Waals surface area contributed by atoms with Crippen LogP contribution in [0.2, 0.25) is 5.02 Å². The Morgan fingerprint density at radius 3 is 2.90 bits per heavy atom. The van der Waals surface area contributed by atoms with Gasteiger partial charge in [-0.3, -0.25) is 0 Å². The van der Waals surface area contributed by atoms with E-state index in [1.807, 2.05) is 26.2 Å². The molecule has 6 heteroatoms. The molecule has 1 N–H and O–H groups in total. The van der Waals surface area contributed by atoms with E-state index in [9.17, 15) is 4.79 Å². The van der Waals surface area contributed by atoms with Gasteiger partial charge in [0.05, 0.1) is 18.0 Å². The van der Waals surface area contributed by atoms with Gasteiger partial charge in [0.2, 0.25) is 0 Å². The number of carbonyl (C=O) groups excluding carboxylic acids is 1. The third kappa shape index (κ3) is 2.77. The van der Waals surface area contributed by atoms with E-state index in [4.69, 9.17) is 16.3 Å². The van der Waals surface area contributed by atoms with Crippen LogP contribution in [0.5, 0.6) is 0 Å². The van der Waals surface area contributed by atoms with E-state index in [-0.39, 0.29) is 0 Å². The monoisotopic (exact) mass is 293 g/mol. The van der Waals surface area contributed by atoms with Crippen LogP contribution in [-0.4, -0.2) is 42.9 Å². The number of halogens is 1. The highest BCUT2D eigenvalue weighted by Gasteiger charge is 2.20. The summed E-state index contributed by atoms with van der Waals surface area (Å²) in [4.78, 5) is 21.2. The highest BCUT2D eigenvalue weighted by Crippen LogP contribution is 2.35. The average Bonchev–Trinajstić information content (AvgIpc) is 2.76. The van der Waals surface area contributed by atoms with Crippen molar-refractivity contribution in [3.05, 3.63) is 28.9 Å². The van der Waals surface area contributed by atoms with Crippen LogP contribution >= 0.6 is 11.6 Å². The molecule has 0 aliphatic rings. The summed E-state index contributed by atoms with van der Waals surface area (Å²) in [5, 5.41) is 1.26. The number of fused-ring (bicyclic) bond motifs is 1. The van der Waals surface area contributed by atoms with Crippen LogP contribution in [0.25, 0.3) is 10.9 Å². The standard InChI is InChI=1S/C14H16ClN3O2/c1-4-20-14(19)13-12(16-8-18(2)3)11-9(15)6-5-7-10(11)17-13/h5-8,17H,4H2,1-3H3. The van der Waals surface area contributed by atoms with Crippen molar-refractivity contribution in [2.24, 2.45) is 4.99 Å². The summed E-state index contributed by atoms with van der Waals surface area (Å²) in [7, 11) is 3.70. The highest BCUT2D eigenvalue weighted by atomic mass is 35.5. The van der Waals surface area contributed by atoms with Crippen LogP contribution in [0.3, 0.4) is 0 Å². The Kier molecular flexibility index (Phi) is 4.29. The van der Waals surface area contributed by atoms with E-state index in [2.05, 4.69) is 9.98 Å². The lowest BCUT2D eigenvalue weighted by atomic mass is 10.2. The minimum Gasteiger partial charge on any atom is -0.461 e. The molecule has 5 nitrogen and oxygen atoms in total. The van der Waals surface area contributed by atoms with E-state index < -0.39 is 5.97 Å². The van der Waals surface area contributed by atoms with Crippen LogP contribution < -0.4 is 0 Å². The summed E-state index contributed by atoms with van der Waals surface area (Å²) in [6, 6.07) is 5.43. The largest absolute Gasteiger partial charge is 0.461 e. The van der Waals surface area contributed by atoms with E-state index in [1.165, 1.54) is 0 Å². The molecular weight excluding hydrogens is 278 g/mol. The molecular formula is C14H16ClN3O2. The number of esters is 1. The smallest absolute Gasteiger partial charge is 0.357 e. The zero-order valence-corrected chi connectivity index (χ0v) is 12.4. The number of aromatic amines is 1. The summed E-state index contributed by atoms with van der Waals surface area (Å²) in [5.74, 6) is -0.439. The van der Waals surface area contributed by atoms with Gasteiger partial charge in [-0.15, -0.1) is 0 Å². The third-order valence-corrected chi connectivity index (χ3v) is 2.96. The number of carbonyl (C=O) groups is 1. The summed E-state index contributed by atoms with van der Waals surface area (Å²) in [6.07, 6.45) is 1.62. The molecule has 0 radical (unpaired) electrons. The number of nitrogens with zero attached hydrogens (tertiary/aromatic N) is 2. The SMILES string of the molecule is CCOC(=O)c1[nH]c2cccc(Cl)c2c1N=CN(C)C. The number of ether oxygens (including phenoxy) is 1. The van der Waals surface area contributed by atoms with Gasteiger partial charge in [0.25, 0.3) is 0 Å². The van der Waals surface area contributed by atoms with E-state index in [1.54, 1.807) is 24.2 Å². The molecule has 0 saturated heterocycles. The number of nitrogens with one attached hydrogen (secondary N) is 1. The fourth-order valence-corrected chi connectivity index (χ4v) is 2.11. The van der Waals surface area contributed by atoms with Crippen molar-refractivity contribution in [1.82, 2.24) is 9.88 Å². The van der Waals surface area contributed by atoms with Crippen molar-refractivity contribution in [1.29, 1.82) is 0 Å². The molecule has 0 spiro atoms. The molecule has 0 fully saturated rings. The molecule has 0 aliphatic carbocycles. The van der Waals surface area contributed by atoms with Gasteiger partial charge in [-0.2, -0.15) is 0 Å². The number of benzene rings is 1. The number of aliphatic imine (C=N–C) groups is 1. The van der Waals surface area contributed by atoms with Gasteiger partial charge >= 0.3 is 5.97 Å². The molecule has 0 bridgehead atoms.